The van der Waals surface area contributed by atoms with Crippen molar-refractivity contribution in [2.75, 3.05) is 0 Å². The molecule has 1 fully saturated rings. The van der Waals surface area contributed by atoms with Crippen LogP contribution >= 0.6 is 0 Å². The van der Waals surface area contributed by atoms with Crippen molar-refractivity contribution in [3.05, 3.63) is 12.8 Å². The maximum absolute atomic E-state index is 3.63. The van der Waals surface area contributed by atoms with Gasteiger partial charge in [-0.05, 0) is 19.0 Å². The number of hydrogen-bond acceptors (Lipinski definition) is 1. The summed E-state index contributed by atoms with van der Waals surface area (Å²) < 4.78 is 0. The van der Waals surface area contributed by atoms with Crippen LogP contribution in [0.5, 0.6) is 0 Å². The lowest BCUT2D eigenvalue weighted by Gasteiger charge is -2.20. The van der Waals surface area contributed by atoms with Crippen molar-refractivity contribution in [2.24, 2.45) is 0 Å². The highest BCUT2D eigenvalue weighted by molar-refractivity contribution is 6.35. The quantitative estimate of drug-likeness (QED) is 0.546. The third kappa shape index (κ3) is 2.12. The van der Waals surface area contributed by atoms with Crippen LogP contribution in [0.4, 0.5) is 0 Å². The minimum absolute atomic E-state index is 0.701. The molecule has 0 aliphatic carbocycles. The summed E-state index contributed by atoms with van der Waals surface area (Å²) in [5.41, 5.74) is 0. The fourth-order valence-corrected chi connectivity index (χ4v) is 1.26. The van der Waals surface area contributed by atoms with Crippen molar-refractivity contribution < 1.29 is 0 Å². The van der Waals surface area contributed by atoms with E-state index in [1.54, 1.807) is 6.20 Å². The summed E-state index contributed by atoms with van der Waals surface area (Å²) >= 11 is 0. The first kappa shape index (κ1) is 6.72. The van der Waals surface area contributed by atoms with E-state index in [0.717, 1.165) is 0 Å². The van der Waals surface area contributed by atoms with Gasteiger partial charge in [0.15, 0.2) is 0 Å². The van der Waals surface area contributed by atoms with Gasteiger partial charge in [0.2, 0.25) is 0 Å². The Morgan fingerprint density at radius 3 is 2.67 bits per heavy atom. The fraction of sp³-hybridized carbons (Fsp3) is 0.714. The minimum Gasteiger partial charge on any atom is -0.389 e. The second-order valence-electron chi connectivity index (χ2n) is 2.51. The number of rotatable bonds is 2. The Balaban J connectivity index is 2.15. The van der Waals surface area contributed by atoms with Gasteiger partial charge in [-0.3, -0.25) is 0 Å². The van der Waals surface area contributed by atoms with Crippen LogP contribution in [0.3, 0.4) is 0 Å². The SMILES string of the molecule is C=CNC1CC[B]CC1. The molecule has 1 N–H and O–H groups in total. The molecule has 1 saturated heterocycles. The van der Waals surface area contributed by atoms with E-state index in [-0.39, 0.29) is 0 Å². The summed E-state index contributed by atoms with van der Waals surface area (Å²) in [6.07, 6.45) is 6.91. The molecule has 1 radical (unpaired) electrons. The second-order valence-corrected chi connectivity index (χ2v) is 2.51. The zero-order valence-corrected chi connectivity index (χ0v) is 5.77. The minimum atomic E-state index is 0.701. The van der Waals surface area contributed by atoms with E-state index in [2.05, 4.69) is 19.2 Å². The third-order valence-corrected chi connectivity index (χ3v) is 1.79. The molecule has 49 valence electrons. The van der Waals surface area contributed by atoms with Crippen LogP contribution in [0.25, 0.3) is 0 Å². The summed E-state index contributed by atoms with van der Waals surface area (Å²) in [4.78, 5) is 0. The molecule has 0 aromatic rings. The highest BCUT2D eigenvalue weighted by atomic mass is 14.9. The van der Waals surface area contributed by atoms with Gasteiger partial charge in [0, 0.05) is 6.04 Å². The zero-order valence-electron chi connectivity index (χ0n) is 5.77. The molecule has 0 aromatic carbocycles. The van der Waals surface area contributed by atoms with E-state index in [0.29, 0.717) is 6.04 Å². The third-order valence-electron chi connectivity index (χ3n) is 1.79. The molecule has 0 saturated carbocycles. The molecule has 1 aliphatic heterocycles. The van der Waals surface area contributed by atoms with Gasteiger partial charge in [-0.1, -0.05) is 19.2 Å². The standard InChI is InChI=1S/C7H13BN/c1-2-9-7-3-5-8-6-4-7/h2,7,9H,1,3-6H2. The monoisotopic (exact) mass is 122 g/mol. The topological polar surface area (TPSA) is 12.0 Å². The summed E-state index contributed by atoms with van der Waals surface area (Å²) in [7, 11) is 2.36. The van der Waals surface area contributed by atoms with Crippen molar-refractivity contribution in [2.45, 2.75) is 31.5 Å². The van der Waals surface area contributed by atoms with Gasteiger partial charge in [0.05, 0.1) is 0 Å². The first-order chi connectivity index (χ1) is 4.43. The van der Waals surface area contributed by atoms with E-state index in [4.69, 9.17) is 0 Å². The molecule has 0 bridgehead atoms. The Bertz CT molecular complexity index is 86.9. The van der Waals surface area contributed by atoms with E-state index < -0.39 is 0 Å². The molecule has 1 nitrogen and oxygen atoms in total. The zero-order chi connectivity index (χ0) is 6.53. The van der Waals surface area contributed by atoms with E-state index >= 15 is 0 Å². The molecule has 0 amide bonds. The Morgan fingerprint density at radius 2 is 2.11 bits per heavy atom. The Hall–Kier alpha value is -0.395. The largest absolute Gasteiger partial charge is 0.389 e. The highest BCUT2D eigenvalue weighted by Gasteiger charge is 2.10. The predicted octanol–water partition coefficient (Wildman–Crippen LogP) is 1.42. The molecule has 1 heterocycles. The van der Waals surface area contributed by atoms with Crippen LogP contribution in [0, 0.1) is 0 Å². The molecule has 1 rings (SSSR count). The van der Waals surface area contributed by atoms with E-state index in [1.807, 2.05) is 0 Å². The van der Waals surface area contributed by atoms with Crippen molar-refractivity contribution in [1.29, 1.82) is 0 Å². The lowest BCUT2D eigenvalue weighted by atomic mass is 9.63. The Kier molecular flexibility index (Phi) is 2.69. The van der Waals surface area contributed by atoms with E-state index in [1.165, 1.54) is 25.5 Å². The maximum atomic E-state index is 3.63. The second kappa shape index (κ2) is 3.60. The van der Waals surface area contributed by atoms with Crippen LogP contribution in [-0.2, 0) is 0 Å². The smallest absolute Gasteiger partial charge is 0.109 e. The maximum Gasteiger partial charge on any atom is 0.109 e. The van der Waals surface area contributed by atoms with Crippen LogP contribution in [-0.4, -0.2) is 13.3 Å². The lowest BCUT2D eigenvalue weighted by Crippen LogP contribution is -2.27. The first-order valence-electron chi connectivity index (χ1n) is 3.62. The molecule has 0 spiro atoms. The Morgan fingerprint density at radius 1 is 1.44 bits per heavy atom. The molecule has 0 unspecified atom stereocenters. The summed E-state index contributed by atoms with van der Waals surface area (Å²) in [5, 5.41) is 3.23. The van der Waals surface area contributed by atoms with E-state index in [9.17, 15) is 0 Å². The van der Waals surface area contributed by atoms with Gasteiger partial charge in [-0.2, -0.15) is 0 Å². The average molecular weight is 122 g/mol. The summed E-state index contributed by atoms with van der Waals surface area (Å²) in [6.45, 7) is 3.63. The number of nitrogens with one attached hydrogen (secondary N) is 1. The fourth-order valence-electron chi connectivity index (χ4n) is 1.26. The average Bonchev–Trinajstić information content (AvgIpc) is 1.91. The van der Waals surface area contributed by atoms with Crippen molar-refractivity contribution in [3.63, 3.8) is 0 Å². The van der Waals surface area contributed by atoms with Crippen LogP contribution in [0.2, 0.25) is 12.6 Å². The molecule has 2 heteroatoms. The van der Waals surface area contributed by atoms with Crippen molar-refractivity contribution >= 4 is 7.28 Å². The first-order valence-corrected chi connectivity index (χ1v) is 3.62. The molecule has 1 aliphatic rings. The molecular formula is C7H13BN. The summed E-state index contributed by atoms with van der Waals surface area (Å²) in [6, 6.07) is 0.701. The lowest BCUT2D eigenvalue weighted by molar-refractivity contribution is 0.534. The summed E-state index contributed by atoms with van der Waals surface area (Å²) in [5.74, 6) is 0. The molecular weight excluding hydrogens is 109 g/mol. The number of hydrogen-bond donors (Lipinski definition) is 1. The van der Waals surface area contributed by atoms with Gasteiger partial charge in [-0.25, -0.2) is 0 Å². The van der Waals surface area contributed by atoms with Gasteiger partial charge in [0.1, 0.15) is 7.28 Å². The van der Waals surface area contributed by atoms with Crippen LogP contribution in [0.1, 0.15) is 12.8 Å². The molecule has 0 aromatic heterocycles. The van der Waals surface area contributed by atoms with Gasteiger partial charge in [-0.15, -0.1) is 0 Å². The van der Waals surface area contributed by atoms with Gasteiger partial charge >= 0.3 is 0 Å². The Labute approximate surface area is 57.8 Å². The highest BCUT2D eigenvalue weighted by Crippen LogP contribution is 2.12. The van der Waals surface area contributed by atoms with Crippen molar-refractivity contribution in [1.82, 2.24) is 5.32 Å². The predicted molar refractivity (Wildman–Crippen MR) is 41.7 cm³/mol. The molecule has 0 atom stereocenters. The molecule has 9 heavy (non-hydrogen) atoms. The van der Waals surface area contributed by atoms with Crippen LogP contribution < -0.4 is 5.32 Å². The van der Waals surface area contributed by atoms with Crippen molar-refractivity contribution in [3.8, 4) is 0 Å². The van der Waals surface area contributed by atoms with Crippen LogP contribution in [0.15, 0.2) is 12.8 Å². The van der Waals surface area contributed by atoms with Gasteiger partial charge in [0.25, 0.3) is 0 Å². The normalized spacial score (nSPS) is 20.4. The van der Waals surface area contributed by atoms with Gasteiger partial charge < -0.3 is 5.32 Å².